The van der Waals surface area contributed by atoms with Gasteiger partial charge < -0.3 is 25.5 Å². The molecule has 1 aliphatic rings. The Morgan fingerprint density at radius 1 is 1.31 bits per heavy atom. The third kappa shape index (κ3) is 4.52. The first-order valence-corrected chi connectivity index (χ1v) is 8.11. The van der Waals surface area contributed by atoms with Crippen molar-refractivity contribution in [3.05, 3.63) is 33.9 Å². The van der Waals surface area contributed by atoms with Crippen LogP contribution in [0.1, 0.15) is 26.3 Å². The van der Waals surface area contributed by atoms with E-state index in [4.69, 9.17) is 15.7 Å². The van der Waals surface area contributed by atoms with Gasteiger partial charge >= 0.3 is 6.09 Å². The van der Waals surface area contributed by atoms with Crippen LogP contribution in [0.5, 0.6) is 0 Å². The van der Waals surface area contributed by atoms with Crippen LogP contribution in [0, 0.1) is 10.1 Å². The van der Waals surface area contributed by atoms with Gasteiger partial charge in [-0.25, -0.2) is 4.79 Å². The standard InChI is InChI=1S/C16H23N5O5/c1-16(2,3)26-15(22)20-8-6-19(7-9-20)13-10-11(14(17)18-23)4-5-12(13)21(24)25/h4-5,10,23H,6-9H2,1-3H3,(H2,17,18). The molecule has 0 aliphatic carbocycles. The molecule has 0 spiro atoms. The highest BCUT2D eigenvalue weighted by molar-refractivity contribution is 5.98. The van der Waals surface area contributed by atoms with Gasteiger partial charge in [-0.3, -0.25) is 10.1 Å². The predicted octanol–water partition coefficient (Wildman–Crippen LogP) is 1.75. The quantitative estimate of drug-likeness (QED) is 0.274. The molecule has 2 rings (SSSR count). The number of ether oxygens (including phenoxy) is 1. The molecule has 10 heteroatoms. The topological polar surface area (TPSA) is 135 Å². The summed E-state index contributed by atoms with van der Waals surface area (Å²) in [5.41, 5.74) is 5.66. The Balaban J connectivity index is 2.17. The van der Waals surface area contributed by atoms with Crippen molar-refractivity contribution in [2.45, 2.75) is 26.4 Å². The molecule has 0 atom stereocenters. The number of amidine groups is 1. The van der Waals surface area contributed by atoms with Gasteiger partial charge in [-0.05, 0) is 32.9 Å². The molecule has 26 heavy (non-hydrogen) atoms. The minimum Gasteiger partial charge on any atom is -0.444 e. The van der Waals surface area contributed by atoms with Crippen LogP contribution < -0.4 is 10.6 Å². The summed E-state index contributed by atoms with van der Waals surface area (Å²) in [6.07, 6.45) is -0.406. The van der Waals surface area contributed by atoms with Crippen molar-refractivity contribution in [3.63, 3.8) is 0 Å². The maximum Gasteiger partial charge on any atom is 0.410 e. The third-order valence-electron chi connectivity index (χ3n) is 3.85. The molecule has 1 aliphatic heterocycles. The summed E-state index contributed by atoms with van der Waals surface area (Å²) in [7, 11) is 0. The first kappa shape index (κ1) is 19.3. The average Bonchev–Trinajstić information content (AvgIpc) is 2.59. The van der Waals surface area contributed by atoms with E-state index >= 15 is 0 Å². The third-order valence-corrected chi connectivity index (χ3v) is 3.85. The van der Waals surface area contributed by atoms with Crippen molar-refractivity contribution in [1.82, 2.24) is 4.90 Å². The average molecular weight is 365 g/mol. The minimum atomic E-state index is -0.581. The highest BCUT2D eigenvalue weighted by Gasteiger charge is 2.28. The molecule has 1 aromatic rings. The second-order valence-corrected chi connectivity index (χ2v) is 6.90. The first-order chi connectivity index (χ1) is 12.1. The van der Waals surface area contributed by atoms with Crippen molar-refractivity contribution in [1.29, 1.82) is 0 Å². The number of nitrogens with zero attached hydrogens (tertiary/aromatic N) is 4. The van der Waals surface area contributed by atoms with Crippen molar-refractivity contribution in [3.8, 4) is 0 Å². The van der Waals surface area contributed by atoms with Gasteiger partial charge in [0.2, 0.25) is 0 Å². The fourth-order valence-corrected chi connectivity index (χ4v) is 2.60. The van der Waals surface area contributed by atoms with E-state index in [0.717, 1.165) is 0 Å². The van der Waals surface area contributed by atoms with Gasteiger partial charge in [0, 0.05) is 37.8 Å². The van der Waals surface area contributed by atoms with Crippen molar-refractivity contribution >= 4 is 23.3 Å². The fourth-order valence-electron chi connectivity index (χ4n) is 2.60. The van der Waals surface area contributed by atoms with E-state index < -0.39 is 16.6 Å². The van der Waals surface area contributed by atoms with Crippen LogP contribution in [0.3, 0.4) is 0 Å². The lowest BCUT2D eigenvalue weighted by molar-refractivity contribution is -0.384. The molecule has 142 valence electrons. The van der Waals surface area contributed by atoms with Gasteiger partial charge in [-0.1, -0.05) is 5.16 Å². The Morgan fingerprint density at radius 3 is 2.42 bits per heavy atom. The number of rotatable bonds is 3. The normalized spacial score (nSPS) is 15.7. The van der Waals surface area contributed by atoms with Gasteiger partial charge in [-0.2, -0.15) is 0 Å². The summed E-state index contributed by atoms with van der Waals surface area (Å²) in [5.74, 6) is -0.131. The molecular formula is C16H23N5O5. The smallest absolute Gasteiger partial charge is 0.410 e. The van der Waals surface area contributed by atoms with Crippen LogP contribution in [0.15, 0.2) is 23.4 Å². The van der Waals surface area contributed by atoms with Gasteiger partial charge in [0.15, 0.2) is 5.84 Å². The molecule has 0 aromatic heterocycles. The predicted molar refractivity (Wildman–Crippen MR) is 95.6 cm³/mol. The molecule has 10 nitrogen and oxygen atoms in total. The zero-order valence-electron chi connectivity index (χ0n) is 15.0. The fraction of sp³-hybridized carbons (Fsp3) is 0.500. The summed E-state index contributed by atoms with van der Waals surface area (Å²) < 4.78 is 5.35. The maximum atomic E-state index is 12.1. The van der Waals surface area contributed by atoms with E-state index in [2.05, 4.69) is 5.16 Å². The Kier molecular flexibility index (Phi) is 5.53. The number of hydrogen-bond acceptors (Lipinski definition) is 7. The van der Waals surface area contributed by atoms with Crippen molar-refractivity contribution in [2.24, 2.45) is 10.9 Å². The summed E-state index contributed by atoms with van der Waals surface area (Å²) in [4.78, 5) is 26.3. The lowest BCUT2D eigenvalue weighted by Crippen LogP contribution is -2.50. The van der Waals surface area contributed by atoms with Gasteiger partial charge in [0.1, 0.15) is 11.3 Å². The highest BCUT2D eigenvalue weighted by atomic mass is 16.6. The maximum absolute atomic E-state index is 12.1. The van der Waals surface area contributed by atoms with E-state index in [1.807, 2.05) is 0 Å². The summed E-state index contributed by atoms with van der Waals surface area (Å²) in [5, 5.41) is 23.1. The number of piperazine rings is 1. The van der Waals surface area contributed by atoms with E-state index in [9.17, 15) is 14.9 Å². The zero-order valence-corrected chi connectivity index (χ0v) is 15.0. The van der Waals surface area contributed by atoms with Gasteiger partial charge in [0.25, 0.3) is 5.69 Å². The molecule has 1 aromatic carbocycles. The van der Waals surface area contributed by atoms with Crippen molar-refractivity contribution in [2.75, 3.05) is 31.1 Å². The summed E-state index contributed by atoms with van der Waals surface area (Å²) in [6, 6.07) is 4.26. The van der Waals surface area contributed by atoms with Crippen LogP contribution in [0.2, 0.25) is 0 Å². The Morgan fingerprint density at radius 2 is 1.92 bits per heavy atom. The lowest BCUT2D eigenvalue weighted by Gasteiger charge is -2.36. The van der Waals surface area contributed by atoms with Gasteiger partial charge in [-0.15, -0.1) is 0 Å². The highest BCUT2D eigenvalue weighted by Crippen LogP contribution is 2.30. The first-order valence-electron chi connectivity index (χ1n) is 8.11. The molecule has 1 saturated heterocycles. The summed E-state index contributed by atoms with van der Waals surface area (Å²) in [6.45, 7) is 6.94. The van der Waals surface area contributed by atoms with Gasteiger partial charge in [0.05, 0.1) is 4.92 Å². The summed E-state index contributed by atoms with van der Waals surface area (Å²) >= 11 is 0. The van der Waals surface area contributed by atoms with E-state index in [-0.39, 0.29) is 11.5 Å². The lowest BCUT2D eigenvalue weighted by atomic mass is 10.1. The van der Waals surface area contributed by atoms with Crippen LogP contribution in [-0.4, -0.2) is 58.7 Å². The van der Waals surface area contributed by atoms with E-state index in [1.54, 1.807) is 30.6 Å². The molecule has 0 radical (unpaired) electrons. The molecule has 1 heterocycles. The Bertz CT molecular complexity index is 720. The Labute approximate surface area is 151 Å². The number of hydrogen-bond donors (Lipinski definition) is 2. The molecule has 0 saturated carbocycles. The molecular weight excluding hydrogens is 342 g/mol. The number of nitrogens with two attached hydrogens (primary N) is 1. The van der Waals surface area contributed by atoms with Crippen LogP contribution in [-0.2, 0) is 4.74 Å². The van der Waals surface area contributed by atoms with Crippen LogP contribution in [0.25, 0.3) is 0 Å². The number of anilines is 1. The van der Waals surface area contributed by atoms with Crippen molar-refractivity contribution < 1.29 is 19.7 Å². The Hall–Kier alpha value is -3.04. The number of oxime groups is 1. The number of nitro benzene ring substituents is 1. The van der Waals surface area contributed by atoms with Crippen LogP contribution >= 0.6 is 0 Å². The number of carbonyl (C=O) groups is 1. The number of amides is 1. The number of carbonyl (C=O) groups excluding carboxylic acids is 1. The number of benzene rings is 1. The SMILES string of the molecule is CC(C)(C)OC(=O)N1CCN(c2cc(C(N)=NO)ccc2[N+](=O)[O-])CC1. The zero-order chi connectivity index (χ0) is 19.5. The molecule has 0 bridgehead atoms. The molecule has 3 N–H and O–H groups in total. The largest absolute Gasteiger partial charge is 0.444 e. The molecule has 1 fully saturated rings. The monoisotopic (exact) mass is 365 g/mol. The van der Waals surface area contributed by atoms with Crippen LogP contribution in [0.4, 0.5) is 16.2 Å². The molecule has 0 unspecified atom stereocenters. The second-order valence-electron chi connectivity index (χ2n) is 6.90. The molecule has 1 amide bonds. The van der Waals surface area contributed by atoms with E-state index in [1.165, 1.54) is 18.2 Å². The van der Waals surface area contributed by atoms with E-state index in [0.29, 0.717) is 37.4 Å². The number of nitro groups is 1. The minimum absolute atomic E-state index is 0.0785. The second kappa shape index (κ2) is 7.46.